The van der Waals surface area contributed by atoms with Crippen molar-refractivity contribution in [3.05, 3.63) is 18.6 Å². The largest absolute Gasteiger partial charge is 0.377 e. The predicted molar refractivity (Wildman–Crippen MR) is 79.4 cm³/mol. The van der Waals surface area contributed by atoms with E-state index in [1.807, 2.05) is 23.0 Å². The highest BCUT2D eigenvalue weighted by Crippen LogP contribution is 2.24. The number of ether oxygens (including phenoxy) is 1. The van der Waals surface area contributed by atoms with Crippen LogP contribution in [0.2, 0.25) is 0 Å². The number of morpholine rings is 1. The maximum absolute atomic E-state index is 5.51. The van der Waals surface area contributed by atoms with E-state index >= 15 is 0 Å². The van der Waals surface area contributed by atoms with Crippen molar-refractivity contribution in [2.75, 3.05) is 36.5 Å². The molecule has 1 unspecified atom stereocenters. The lowest BCUT2D eigenvalue weighted by Gasteiger charge is -2.34. The molecule has 1 saturated heterocycles. The molecule has 1 N–H and O–H groups in total. The first-order valence-corrected chi connectivity index (χ1v) is 7.21. The van der Waals surface area contributed by atoms with Crippen LogP contribution in [0.5, 0.6) is 0 Å². The maximum Gasteiger partial charge on any atom is 0.180 e. The highest BCUT2D eigenvalue weighted by molar-refractivity contribution is 5.67. The Balaban J connectivity index is 2.00. The highest BCUT2D eigenvalue weighted by atomic mass is 16.5. The number of hydrogen-bond donors (Lipinski definition) is 1. The Morgan fingerprint density at radius 1 is 1.50 bits per heavy atom. The summed E-state index contributed by atoms with van der Waals surface area (Å²) in [5, 5.41) is 3.35. The third-order valence-corrected chi connectivity index (χ3v) is 3.55. The van der Waals surface area contributed by atoms with Gasteiger partial charge in [-0.1, -0.05) is 6.92 Å². The summed E-state index contributed by atoms with van der Waals surface area (Å²) in [7, 11) is 0. The van der Waals surface area contributed by atoms with E-state index < -0.39 is 0 Å². The first-order chi connectivity index (χ1) is 9.79. The molecule has 0 amide bonds. The lowest BCUT2D eigenvalue weighted by atomic mass is 10.2. The second-order valence-electron chi connectivity index (χ2n) is 5.15. The van der Waals surface area contributed by atoms with Gasteiger partial charge in [0, 0.05) is 25.5 Å². The fraction of sp³-hybridized carbons (Fsp3) is 0.571. The molecule has 108 valence electrons. The van der Waals surface area contributed by atoms with Crippen molar-refractivity contribution in [3.8, 4) is 0 Å². The standard InChI is InChI=1S/C14H21N5O/c1-3-4-15-12-9-18-6-5-16-13(18)14(17-12)19-7-8-20-10-11(19)2/h5-6,9,11,15H,3-4,7-8,10H2,1-2H3. The fourth-order valence-electron chi connectivity index (χ4n) is 2.49. The number of hydrogen-bond acceptors (Lipinski definition) is 5. The van der Waals surface area contributed by atoms with E-state index in [1.54, 1.807) is 0 Å². The van der Waals surface area contributed by atoms with Crippen LogP contribution in [0.1, 0.15) is 20.3 Å². The predicted octanol–water partition coefficient (Wildman–Crippen LogP) is 1.78. The van der Waals surface area contributed by atoms with Crippen LogP contribution in [-0.4, -0.2) is 46.7 Å². The maximum atomic E-state index is 5.51. The molecule has 0 aromatic carbocycles. The summed E-state index contributed by atoms with van der Waals surface area (Å²) in [5.41, 5.74) is 0.904. The summed E-state index contributed by atoms with van der Waals surface area (Å²) in [6.07, 6.45) is 6.84. The molecule has 6 nitrogen and oxygen atoms in total. The van der Waals surface area contributed by atoms with Crippen LogP contribution in [0.4, 0.5) is 11.6 Å². The molecule has 0 saturated carbocycles. The number of anilines is 2. The topological polar surface area (TPSA) is 54.7 Å². The average molecular weight is 275 g/mol. The van der Waals surface area contributed by atoms with Gasteiger partial charge in [0.25, 0.3) is 0 Å². The molecule has 3 rings (SSSR count). The third kappa shape index (κ3) is 2.43. The molecule has 3 heterocycles. The molecule has 0 radical (unpaired) electrons. The number of nitrogens with one attached hydrogen (secondary N) is 1. The van der Waals surface area contributed by atoms with Crippen LogP contribution in [0.25, 0.3) is 5.65 Å². The van der Waals surface area contributed by atoms with Crippen molar-refractivity contribution in [3.63, 3.8) is 0 Å². The molecule has 1 aliphatic heterocycles. The molecule has 0 spiro atoms. The summed E-state index contributed by atoms with van der Waals surface area (Å²) >= 11 is 0. The lowest BCUT2D eigenvalue weighted by Crippen LogP contribution is -2.44. The van der Waals surface area contributed by atoms with Crippen molar-refractivity contribution in [1.82, 2.24) is 14.4 Å². The van der Waals surface area contributed by atoms with Crippen LogP contribution in [0.3, 0.4) is 0 Å². The van der Waals surface area contributed by atoms with Crippen LogP contribution >= 0.6 is 0 Å². The van der Waals surface area contributed by atoms with Crippen molar-refractivity contribution < 1.29 is 4.74 Å². The zero-order valence-electron chi connectivity index (χ0n) is 12.0. The van der Waals surface area contributed by atoms with Gasteiger partial charge < -0.3 is 19.4 Å². The number of nitrogens with zero attached hydrogens (tertiary/aromatic N) is 4. The Labute approximate surface area is 118 Å². The Morgan fingerprint density at radius 3 is 3.20 bits per heavy atom. The van der Waals surface area contributed by atoms with E-state index in [4.69, 9.17) is 9.72 Å². The Hall–Kier alpha value is -1.82. The minimum Gasteiger partial charge on any atom is -0.377 e. The van der Waals surface area contributed by atoms with Gasteiger partial charge in [0.15, 0.2) is 11.5 Å². The van der Waals surface area contributed by atoms with Crippen molar-refractivity contribution >= 4 is 17.3 Å². The van der Waals surface area contributed by atoms with Gasteiger partial charge in [-0.3, -0.25) is 0 Å². The van der Waals surface area contributed by atoms with Crippen molar-refractivity contribution in [2.24, 2.45) is 0 Å². The molecule has 2 aromatic heterocycles. The molecule has 1 aliphatic rings. The number of rotatable bonds is 4. The molecule has 6 heteroatoms. The summed E-state index contributed by atoms with van der Waals surface area (Å²) in [5.74, 6) is 1.83. The molecule has 0 bridgehead atoms. The van der Waals surface area contributed by atoms with E-state index in [-0.39, 0.29) is 0 Å². The molecular formula is C14H21N5O. The van der Waals surface area contributed by atoms with E-state index in [0.29, 0.717) is 6.04 Å². The molecule has 0 aliphatic carbocycles. The third-order valence-electron chi connectivity index (χ3n) is 3.55. The summed E-state index contributed by atoms with van der Waals surface area (Å²) in [6.45, 7) is 7.56. The van der Waals surface area contributed by atoms with Crippen LogP contribution < -0.4 is 10.2 Å². The zero-order valence-corrected chi connectivity index (χ0v) is 12.0. The Bertz CT molecular complexity index is 582. The van der Waals surface area contributed by atoms with Gasteiger partial charge in [0.2, 0.25) is 0 Å². The van der Waals surface area contributed by atoms with Gasteiger partial charge in [0.05, 0.1) is 25.5 Å². The van der Waals surface area contributed by atoms with Crippen LogP contribution in [0.15, 0.2) is 18.6 Å². The molecular weight excluding hydrogens is 254 g/mol. The monoisotopic (exact) mass is 275 g/mol. The van der Waals surface area contributed by atoms with Gasteiger partial charge in [0.1, 0.15) is 5.82 Å². The highest BCUT2D eigenvalue weighted by Gasteiger charge is 2.23. The first-order valence-electron chi connectivity index (χ1n) is 7.21. The van der Waals surface area contributed by atoms with Crippen molar-refractivity contribution in [1.29, 1.82) is 0 Å². The summed E-state index contributed by atoms with van der Waals surface area (Å²) < 4.78 is 7.54. The molecule has 2 aromatic rings. The molecule has 1 atom stereocenters. The normalized spacial score (nSPS) is 19.5. The molecule has 20 heavy (non-hydrogen) atoms. The van der Waals surface area contributed by atoms with E-state index in [0.717, 1.165) is 50.0 Å². The quantitative estimate of drug-likeness (QED) is 0.921. The van der Waals surface area contributed by atoms with E-state index in [9.17, 15) is 0 Å². The van der Waals surface area contributed by atoms with Crippen LogP contribution in [0, 0.1) is 0 Å². The number of imidazole rings is 1. The summed E-state index contributed by atoms with van der Waals surface area (Å²) in [6, 6.07) is 0.318. The van der Waals surface area contributed by atoms with Gasteiger partial charge in [-0.05, 0) is 13.3 Å². The fourth-order valence-corrected chi connectivity index (χ4v) is 2.49. The molecule has 1 fully saturated rings. The second kappa shape index (κ2) is 5.66. The average Bonchev–Trinajstić information content (AvgIpc) is 2.93. The minimum atomic E-state index is 0.318. The summed E-state index contributed by atoms with van der Waals surface area (Å²) in [4.78, 5) is 11.5. The SMILES string of the molecule is CCCNc1cn2ccnc2c(N2CCOCC2C)n1. The second-order valence-corrected chi connectivity index (χ2v) is 5.15. The zero-order chi connectivity index (χ0) is 13.9. The Morgan fingerprint density at radius 2 is 2.40 bits per heavy atom. The minimum absolute atomic E-state index is 0.318. The van der Waals surface area contributed by atoms with Crippen LogP contribution in [-0.2, 0) is 4.74 Å². The number of fused-ring (bicyclic) bond motifs is 1. The van der Waals surface area contributed by atoms with Crippen molar-refractivity contribution in [2.45, 2.75) is 26.3 Å². The smallest absolute Gasteiger partial charge is 0.180 e. The van der Waals surface area contributed by atoms with Gasteiger partial charge in [-0.15, -0.1) is 0 Å². The van der Waals surface area contributed by atoms with Gasteiger partial charge >= 0.3 is 0 Å². The Kier molecular flexibility index (Phi) is 3.73. The van der Waals surface area contributed by atoms with Gasteiger partial charge in [-0.25, -0.2) is 9.97 Å². The first kappa shape index (κ1) is 13.2. The van der Waals surface area contributed by atoms with E-state index in [2.05, 4.69) is 29.0 Å². The lowest BCUT2D eigenvalue weighted by molar-refractivity contribution is 0.0986. The van der Waals surface area contributed by atoms with Gasteiger partial charge in [-0.2, -0.15) is 0 Å². The number of aromatic nitrogens is 3. The van der Waals surface area contributed by atoms with E-state index in [1.165, 1.54) is 0 Å².